The van der Waals surface area contributed by atoms with Crippen LogP contribution < -0.4 is 10.6 Å². The van der Waals surface area contributed by atoms with Gasteiger partial charge in [-0.3, -0.25) is 4.98 Å². The van der Waals surface area contributed by atoms with E-state index in [0.717, 1.165) is 36.7 Å². The van der Waals surface area contributed by atoms with Crippen molar-refractivity contribution in [2.75, 3.05) is 25.0 Å². The first kappa shape index (κ1) is 12.8. The number of hydrogen-bond acceptors (Lipinski definition) is 4. The fourth-order valence-corrected chi connectivity index (χ4v) is 2.46. The Balaban J connectivity index is 2.06. The highest BCUT2D eigenvalue weighted by atomic mass is 14.9. The van der Waals surface area contributed by atoms with E-state index in [1.54, 1.807) is 0 Å². The molecule has 0 aromatic carbocycles. The summed E-state index contributed by atoms with van der Waals surface area (Å²) in [5.41, 5.74) is 3.36. The minimum Gasteiger partial charge on any atom is -0.384 e. The molecule has 1 atom stereocenters. The molecule has 1 aromatic rings. The summed E-state index contributed by atoms with van der Waals surface area (Å²) in [5, 5.41) is 16.0. The standard InChI is InChI=1S/C14H20N4/c1-10-6-14(13(7-15)11(2)18-10)17-9-12-4-3-5-16-8-12/h6,12,16H,3-5,8-9H2,1-2H3,(H,17,18). The Morgan fingerprint density at radius 2 is 2.39 bits per heavy atom. The van der Waals surface area contributed by atoms with Crippen LogP contribution in [0.2, 0.25) is 0 Å². The van der Waals surface area contributed by atoms with Crippen molar-refractivity contribution in [2.24, 2.45) is 5.92 Å². The van der Waals surface area contributed by atoms with E-state index >= 15 is 0 Å². The van der Waals surface area contributed by atoms with Gasteiger partial charge in [-0.2, -0.15) is 5.26 Å². The van der Waals surface area contributed by atoms with Gasteiger partial charge in [-0.15, -0.1) is 0 Å². The molecule has 1 aliphatic rings. The SMILES string of the molecule is Cc1cc(NCC2CCCNC2)c(C#N)c(C)n1. The quantitative estimate of drug-likeness (QED) is 0.853. The second kappa shape index (κ2) is 5.83. The maximum Gasteiger partial charge on any atom is 0.103 e. The van der Waals surface area contributed by atoms with E-state index in [-0.39, 0.29) is 0 Å². The van der Waals surface area contributed by atoms with Gasteiger partial charge in [0.2, 0.25) is 0 Å². The molecule has 0 aliphatic carbocycles. The van der Waals surface area contributed by atoms with Crippen LogP contribution in [0.3, 0.4) is 0 Å². The molecule has 1 aliphatic heterocycles. The van der Waals surface area contributed by atoms with Crippen molar-refractivity contribution in [3.05, 3.63) is 23.0 Å². The van der Waals surface area contributed by atoms with Crippen LogP contribution in [-0.4, -0.2) is 24.6 Å². The van der Waals surface area contributed by atoms with Gasteiger partial charge in [0.25, 0.3) is 0 Å². The number of anilines is 1. The van der Waals surface area contributed by atoms with Crippen LogP contribution in [0.5, 0.6) is 0 Å². The van der Waals surface area contributed by atoms with Crippen molar-refractivity contribution < 1.29 is 0 Å². The molecule has 1 aromatic heterocycles. The molecular weight excluding hydrogens is 224 g/mol. The van der Waals surface area contributed by atoms with E-state index in [2.05, 4.69) is 21.7 Å². The van der Waals surface area contributed by atoms with Crippen LogP contribution in [0, 0.1) is 31.1 Å². The molecule has 1 saturated heterocycles. The number of rotatable bonds is 3. The summed E-state index contributed by atoms with van der Waals surface area (Å²) < 4.78 is 0. The largest absolute Gasteiger partial charge is 0.384 e. The number of nitriles is 1. The Bertz CT molecular complexity index is 456. The third-order valence-corrected chi connectivity index (χ3v) is 3.42. The van der Waals surface area contributed by atoms with Gasteiger partial charge < -0.3 is 10.6 Å². The number of nitrogens with one attached hydrogen (secondary N) is 2. The lowest BCUT2D eigenvalue weighted by Gasteiger charge is -2.23. The van der Waals surface area contributed by atoms with Crippen molar-refractivity contribution in [1.82, 2.24) is 10.3 Å². The maximum atomic E-state index is 9.18. The normalized spacial score (nSPS) is 19.3. The van der Waals surface area contributed by atoms with Gasteiger partial charge in [0.1, 0.15) is 6.07 Å². The van der Waals surface area contributed by atoms with Crippen LogP contribution >= 0.6 is 0 Å². The third-order valence-electron chi connectivity index (χ3n) is 3.42. The second-order valence-corrected chi connectivity index (χ2v) is 4.98. The number of piperidine rings is 1. The summed E-state index contributed by atoms with van der Waals surface area (Å²) in [7, 11) is 0. The van der Waals surface area contributed by atoms with Gasteiger partial charge in [-0.05, 0) is 51.8 Å². The lowest BCUT2D eigenvalue weighted by Crippen LogP contribution is -2.33. The smallest absolute Gasteiger partial charge is 0.103 e. The highest BCUT2D eigenvalue weighted by Crippen LogP contribution is 2.20. The summed E-state index contributed by atoms with van der Waals surface area (Å²) in [5.74, 6) is 0.652. The van der Waals surface area contributed by atoms with Crippen LogP contribution in [0.1, 0.15) is 29.8 Å². The summed E-state index contributed by atoms with van der Waals surface area (Å²) in [4.78, 5) is 4.32. The minimum atomic E-state index is 0.652. The van der Waals surface area contributed by atoms with Gasteiger partial charge in [-0.1, -0.05) is 0 Å². The highest BCUT2D eigenvalue weighted by Gasteiger charge is 2.14. The molecule has 0 bridgehead atoms. The maximum absolute atomic E-state index is 9.18. The van der Waals surface area contributed by atoms with Crippen molar-refractivity contribution in [3.8, 4) is 6.07 Å². The molecule has 1 unspecified atom stereocenters. The summed E-state index contributed by atoms with van der Waals surface area (Å²) in [6.07, 6.45) is 2.50. The molecule has 0 saturated carbocycles. The zero-order valence-corrected chi connectivity index (χ0v) is 11.1. The number of nitrogens with zero attached hydrogens (tertiary/aromatic N) is 2. The Morgan fingerprint density at radius 1 is 1.56 bits per heavy atom. The molecule has 2 rings (SSSR count). The molecule has 4 nitrogen and oxygen atoms in total. The number of aromatic nitrogens is 1. The molecular formula is C14H20N4. The Morgan fingerprint density at radius 3 is 3.06 bits per heavy atom. The highest BCUT2D eigenvalue weighted by molar-refractivity contribution is 5.59. The first-order valence-corrected chi connectivity index (χ1v) is 6.53. The summed E-state index contributed by atoms with van der Waals surface area (Å²) in [6, 6.07) is 4.20. The molecule has 1 fully saturated rings. The molecule has 0 amide bonds. The number of aryl methyl sites for hydroxylation is 2. The zero-order chi connectivity index (χ0) is 13.0. The average Bonchev–Trinajstić information content (AvgIpc) is 2.37. The predicted molar refractivity (Wildman–Crippen MR) is 72.5 cm³/mol. The molecule has 2 heterocycles. The molecule has 18 heavy (non-hydrogen) atoms. The van der Waals surface area contributed by atoms with E-state index in [9.17, 15) is 5.26 Å². The van der Waals surface area contributed by atoms with Crippen molar-refractivity contribution in [1.29, 1.82) is 5.26 Å². The van der Waals surface area contributed by atoms with Gasteiger partial charge in [0.15, 0.2) is 0 Å². The van der Waals surface area contributed by atoms with Crippen LogP contribution in [0.25, 0.3) is 0 Å². The Hall–Kier alpha value is -1.60. The van der Waals surface area contributed by atoms with E-state index in [4.69, 9.17) is 0 Å². The first-order chi connectivity index (χ1) is 8.70. The van der Waals surface area contributed by atoms with Gasteiger partial charge in [0, 0.05) is 12.2 Å². The average molecular weight is 244 g/mol. The Labute approximate surface area is 108 Å². The van der Waals surface area contributed by atoms with Gasteiger partial charge >= 0.3 is 0 Å². The van der Waals surface area contributed by atoms with E-state index < -0.39 is 0 Å². The van der Waals surface area contributed by atoms with E-state index in [0.29, 0.717) is 11.5 Å². The predicted octanol–water partition coefficient (Wildman–Crippen LogP) is 1.98. The van der Waals surface area contributed by atoms with E-state index in [1.807, 2.05) is 19.9 Å². The minimum absolute atomic E-state index is 0.652. The topological polar surface area (TPSA) is 60.7 Å². The van der Waals surface area contributed by atoms with Crippen LogP contribution in [-0.2, 0) is 0 Å². The van der Waals surface area contributed by atoms with Crippen molar-refractivity contribution in [3.63, 3.8) is 0 Å². The third kappa shape index (κ3) is 2.99. The lowest BCUT2D eigenvalue weighted by molar-refractivity contribution is 0.393. The van der Waals surface area contributed by atoms with Gasteiger partial charge in [-0.25, -0.2) is 0 Å². The monoisotopic (exact) mass is 244 g/mol. The van der Waals surface area contributed by atoms with Crippen molar-refractivity contribution >= 4 is 5.69 Å². The summed E-state index contributed by atoms with van der Waals surface area (Å²) >= 11 is 0. The number of pyridine rings is 1. The molecule has 96 valence electrons. The zero-order valence-electron chi connectivity index (χ0n) is 11.1. The second-order valence-electron chi connectivity index (χ2n) is 4.98. The van der Waals surface area contributed by atoms with Crippen LogP contribution in [0.15, 0.2) is 6.07 Å². The Kier molecular flexibility index (Phi) is 4.16. The fourth-order valence-electron chi connectivity index (χ4n) is 2.46. The number of hydrogen-bond donors (Lipinski definition) is 2. The lowest BCUT2D eigenvalue weighted by atomic mass is 9.99. The van der Waals surface area contributed by atoms with E-state index in [1.165, 1.54) is 12.8 Å². The van der Waals surface area contributed by atoms with Crippen molar-refractivity contribution in [2.45, 2.75) is 26.7 Å². The first-order valence-electron chi connectivity index (χ1n) is 6.53. The fraction of sp³-hybridized carbons (Fsp3) is 0.571. The van der Waals surface area contributed by atoms with Gasteiger partial charge in [0.05, 0.1) is 16.9 Å². The molecule has 0 spiro atoms. The molecule has 2 N–H and O–H groups in total. The summed E-state index contributed by atoms with van der Waals surface area (Å²) in [6.45, 7) is 6.97. The molecule has 0 radical (unpaired) electrons. The van der Waals surface area contributed by atoms with Crippen LogP contribution in [0.4, 0.5) is 5.69 Å². The molecule has 4 heteroatoms.